The van der Waals surface area contributed by atoms with Crippen molar-refractivity contribution < 1.29 is 0 Å². The van der Waals surface area contributed by atoms with Crippen molar-refractivity contribution >= 4 is 5.84 Å². The van der Waals surface area contributed by atoms with Crippen LogP contribution >= 0.6 is 0 Å². The van der Waals surface area contributed by atoms with Gasteiger partial charge in [0.15, 0.2) is 0 Å². The Morgan fingerprint density at radius 2 is 2.30 bits per heavy atom. The second kappa shape index (κ2) is 4.79. The fourth-order valence-corrected chi connectivity index (χ4v) is 0.493. The van der Waals surface area contributed by atoms with E-state index >= 15 is 0 Å². The Balaban J connectivity index is 4.00. The van der Waals surface area contributed by atoms with E-state index in [1.54, 1.807) is 0 Å². The van der Waals surface area contributed by atoms with E-state index in [1.165, 1.54) is 0 Å². The zero-order chi connectivity index (χ0) is 7.98. The zero-order valence-corrected chi connectivity index (χ0v) is 6.59. The highest BCUT2D eigenvalue weighted by atomic mass is 14.9. The van der Waals surface area contributed by atoms with Crippen LogP contribution in [0, 0.1) is 0 Å². The molecule has 0 saturated carbocycles. The standard InChI is InChI=1S/C8H14N2/c1-4-6-7(3)10-8(9)5-2/h4,6H,3,5H2,1-2H3,(H2,9,10)/b6-4-. The van der Waals surface area contributed by atoms with Crippen LogP contribution in [0.1, 0.15) is 20.3 Å². The molecular weight excluding hydrogens is 124 g/mol. The number of nitrogens with two attached hydrogens (primary N) is 1. The molecule has 0 rings (SSSR count). The minimum atomic E-state index is 0.628. The average Bonchev–Trinajstić information content (AvgIpc) is 1.88. The molecule has 0 amide bonds. The summed E-state index contributed by atoms with van der Waals surface area (Å²) in [6, 6.07) is 0. The summed E-state index contributed by atoms with van der Waals surface area (Å²) in [5.41, 5.74) is 6.17. The van der Waals surface area contributed by atoms with Crippen molar-refractivity contribution in [1.29, 1.82) is 0 Å². The summed E-state index contributed by atoms with van der Waals surface area (Å²) < 4.78 is 0. The summed E-state index contributed by atoms with van der Waals surface area (Å²) in [5, 5.41) is 0. The molecule has 0 radical (unpaired) electrons. The molecule has 0 aliphatic carbocycles. The number of allylic oxidation sites excluding steroid dienone is 2. The molecule has 2 nitrogen and oxygen atoms in total. The Kier molecular flexibility index (Phi) is 4.29. The molecule has 0 aliphatic rings. The normalized spacial score (nSPS) is 12.4. The molecule has 0 atom stereocenters. The summed E-state index contributed by atoms with van der Waals surface area (Å²) in [6.07, 6.45) is 4.48. The first-order valence-electron chi connectivity index (χ1n) is 3.35. The highest BCUT2D eigenvalue weighted by molar-refractivity contribution is 5.81. The SMILES string of the molecule is C=C(/C=C\C)N=C(N)CC. The first-order valence-corrected chi connectivity index (χ1v) is 3.35. The fraction of sp³-hybridized carbons (Fsp3) is 0.375. The third kappa shape index (κ3) is 3.89. The highest BCUT2D eigenvalue weighted by Gasteiger charge is 1.85. The van der Waals surface area contributed by atoms with Crippen molar-refractivity contribution in [3.05, 3.63) is 24.4 Å². The van der Waals surface area contributed by atoms with Crippen LogP contribution in [0.5, 0.6) is 0 Å². The van der Waals surface area contributed by atoms with Crippen LogP contribution in [0.15, 0.2) is 29.4 Å². The predicted octanol–water partition coefficient (Wildman–Crippen LogP) is 1.84. The molecule has 0 bridgehead atoms. The van der Waals surface area contributed by atoms with Gasteiger partial charge in [-0.1, -0.05) is 19.6 Å². The smallest absolute Gasteiger partial charge is 0.0993 e. The van der Waals surface area contributed by atoms with Crippen LogP contribution in [-0.4, -0.2) is 5.84 Å². The van der Waals surface area contributed by atoms with Gasteiger partial charge in [-0.05, 0) is 13.0 Å². The Morgan fingerprint density at radius 3 is 2.70 bits per heavy atom. The maximum Gasteiger partial charge on any atom is 0.0993 e. The number of aliphatic imine (C=N–C) groups is 1. The predicted molar refractivity (Wildman–Crippen MR) is 45.9 cm³/mol. The summed E-state index contributed by atoms with van der Waals surface area (Å²) in [6.45, 7) is 7.56. The minimum Gasteiger partial charge on any atom is -0.387 e. The lowest BCUT2D eigenvalue weighted by molar-refractivity contribution is 1.22. The lowest BCUT2D eigenvalue weighted by atomic mass is 10.4. The minimum absolute atomic E-state index is 0.628. The van der Waals surface area contributed by atoms with E-state index in [9.17, 15) is 0 Å². The number of rotatable bonds is 3. The molecule has 10 heavy (non-hydrogen) atoms. The van der Waals surface area contributed by atoms with Crippen LogP contribution in [0.3, 0.4) is 0 Å². The van der Waals surface area contributed by atoms with Crippen molar-refractivity contribution in [1.82, 2.24) is 0 Å². The van der Waals surface area contributed by atoms with Gasteiger partial charge in [0, 0.05) is 6.42 Å². The van der Waals surface area contributed by atoms with E-state index in [-0.39, 0.29) is 0 Å². The molecule has 0 fully saturated rings. The number of hydrogen-bond acceptors (Lipinski definition) is 1. The first kappa shape index (κ1) is 8.95. The van der Waals surface area contributed by atoms with Gasteiger partial charge in [-0.15, -0.1) is 0 Å². The molecule has 0 heterocycles. The molecule has 0 aromatic heterocycles. The van der Waals surface area contributed by atoms with Gasteiger partial charge in [0.25, 0.3) is 0 Å². The van der Waals surface area contributed by atoms with E-state index in [1.807, 2.05) is 26.0 Å². The van der Waals surface area contributed by atoms with Crippen LogP contribution < -0.4 is 5.73 Å². The summed E-state index contributed by atoms with van der Waals surface area (Å²) >= 11 is 0. The molecule has 0 spiro atoms. The molecule has 0 aliphatic heterocycles. The number of nitrogens with zero attached hydrogens (tertiary/aromatic N) is 1. The summed E-state index contributed by atoms with van der Waals surface area (Å²) in [5.74, 6) is 0.628. The van der Waals surface area contributed by atoms with Crippen LogP contribution in [0.4, 0.5) is 0 Å². The van der Waals surface area contributed by atoms with Gasteiger partial charge in [-0.2, -0.15) is 0 Å². The molecule has 0 unspecified atom stereocenters. The van der Waals surface area contributed by atoms with E-state index < -0.39 is 0 Å². The topological polar surface area (TPSA) is 38.4 Å². The highest BCUT2D eigenvalue weighted by Crippen LogP contribution is 1.94. The number of hydrogen-bond donors (Lipinski definition) is 1. The largest absolute Gasteiger partial charge is 0.387 e. The quantitative estimate of drug-likeness (QED) is 0.361. The van der Waals surface area contributed by atoms with Gasteiger partial charge < -0.3 is 5.73 Å². The summed E-state index contributed by atoms with van der Waals surface area (Å²) in [4.78, 5) is 4.00. The first-order chi connectivity index (χ1) is 4.70. The van der Waals surface area contributed by atoms with Crippen molar-refractivity contribution in [3.63, 3.8) is 0 Å². The second-order valence-corrected chi connectivity index (χ2v) is 1.95. The molecule has 56 valence electrons. The Bertz CT molecular complexity index is 166. The van der Waals surface area contributed by atoms with E-state index in [4.69, 9.17) is 5.73 Å². The van der Waals surface area contributed by atoms with Crippen molar-refractivity contribution in [2.45, 2.75) is 20.3 Å². The van der Waals surface area contributed by atoms with E-state index in [0.717, 1.165) is 6.42 Å². The van der Waals surface area contributed by atoms with Gasteiger partial charge in [-0.3, -0.25) is 0 Å². The third-order valence-corrected chi connectivity index (χ3v) is 1.01. The van der Waals surface area contributed by atoms with E-state index in [2.05, 4.69) is 11.6 Å². The van der Waals surface area contributed by atoms with Crippen LogP contribution in [0.25, 0.3) is 0 Å². The third-order valence-electron chi connectivity index (χ3n) is 1.01. The fourth-order valence-electron chi connectivity index (χ4n) is 0.493. The van der Waals surface area contributed by atoms with Crippen molar-refractivity contribution in [2.24, 2.45) is 10.7 Å². The van der Waals surface area contributed by atoms with Gasteiger partial charge in [-0.25, -0.2) is 4.99 Å². The molecular formula is C8H14N2. The lowest BCUT2D eigenvalue weighted by Crippen LogP contribution is -2.09. The number of amidine groups is 1. The van der Waals surface area contributed by atoms with Gasteiger partial charge in [0.1, 0.15) is 0 Å². The maximum atomic E-state index is 5.46. The molecule has 0 aromatic rings. The molecule has 0 aromatic carbocycles. The van der Waals surface area contributed by atoms with Crippen LogP contribution in [0.2, 0.25) is 0 Å². The summed E-state index contributed by atoms with van der Waals surface area (Å²) in [7, 11) is 0. The van der Waals surface area contributed by atoms with Crippen LogP contribution in [-0.2, 0) is 0 Å². The van der Waals surface area contributed by atoms with E-state index in [0.29, 0.717) is 11.5 Å². The molecule has 2 N–H and O–H groups in total. The molecule has 2 heteroatoms. The van der Waals surface area contributed by atoms with Gasteiger partial charge in [0.05, 0.1) is 11.5 Å². The Labute approximate surface area is 62.1 Å². The zero-order valence-electron chi connectivity index (χ0n) is 6.59. The Hall–Kier alpha value is -1.05. The van der Waals surface area contributed by atoms with Crippen molar-refractivity contribution in [2.75, 3.05) is 0 Å². The average molecular weight is 138 g/mol. The second-order valence-electron chi connectivity index (χ2n) is 1.95. The van der Waals surface area contributed by atoms with Gasteiger partial charge in [0.2, 0.25) is 0 Å². The lowest BCUT2D eigenvalue weighted by Gasteiger charge is -1.93. The maximum absolute atomic E-state index is 5.46. The Morgan fingerprint density at radius 1 is 1.70 bits per heavy atom. The molecule has 0 saturated heterocycles. The monoisotopic (exact) mass is 138 g/mol. The van der Waals surface area contributed by atoms with Crippen molar-refractivity contribution in [3.8, 4) is 0 Å². The van der Waals surface area contributed by atoms with Gasteiger partial charge >= 0.3 is 0 Å².